The zero-order chi connectivity index (χ0) is 14.5. The molecule has 2 aromatic rings. The van der Waals surface area contributed by atoms with Crippen LogP contribution in [0.25, 0.3) is 0 Å². The third-order valence-electron chi connectivity index (χ3n) is 2.69. The summed E-state index contributed by atoms with van der Waals surface area (Å²) in [4.78, 5) is 21.8. The SMILES string of the molecule is CC(=O)Cc1cccc(Oc2ccc(C(=O)O)cc2)c1. The molecule has 0 saturated carbocycles. The summed E-state index contributed by atoms with van der Waals surface area (Å²) in [6, 6.07) is 13.4. The fourth-order valence-corrected chi connectivity index (χ4v) is 1.81. The van der Waals surface area contributed by atoms with Crippen LogP contribution in [0, 0.1) is 0 Å². The largest absolute Gasteiger partial charge is 0.478 e. The summed E-state index contributed by atoms with van der Waals surface area (Å²) in [5, 5.41) is 8.81. The maximum atomic E-state index is 11.1. The fraction of sp³-hybridized carbons (Fsp3) is 0.125. The number of benzene rings is 2. The van der Waals surface area contributed by atoms with E-state index in [0.717, 1.165) is 5.56 Å². The zero-order valence-corrected chi connectivity index (χ0v) is 11.0. The fourth-order valence-electron chi connectivity index (χ4n) is 1.81. The van der Waals surface area contributed by atoms with Crippen LogP contribution >= 0.6 is 0 Å². The van der Waals surface area contributed by atoms with Crippen molar-refractivity contribution in [1.29, 1.82) is 0 Å². The molecule has 0 heterocycles. The van der Waals surface area contributed by atoms with Crippen LogP contribution < -0.4 is 4.74 Å². The first kappa shape index (κ1) is 13.8. The highest BCUT2D eigenvalue weighted by atomic mass is 16.5. The molecule has 0 atom stereocenters. The molecule has 2 rings (SSSR count). The Morgan fingerprint density at radius 3 is 2.35 bits per heavy atom. The van der Waals surface area contributed by atoms with Gasteiger partial charge in [-0.2, -0.15) is 0 Å². The van der Waals surface area contributed by atoms with Gasteiger partial charge in [-0.3, -0.25) is 4.79 Å². The third-order valence-corrected chi connectivity index (χ3v) is 2.69. The van der Waals surface area contributed by atoms with Crippen molar-refractivity contribution >= 4 is 11.8 Å². The average Bonchev–Trinajstić information content (AvgIpc) is 2.39. The Morgan fingerprint density at radius 2 is 1.75 bits per heavy atom. The maximum absolute atomic E-state index is 11.1. The van der Waals surface area contributed by atoms with Gasteiger partial charge in [0.15, 0.2) is 0 Å². The number of rotatable bonds is 5. The van der Waals surface area contributed by atoms with Crippen LogP contribution in [0.15, 0.2) is 48.5 Å². The smallest absolute Gasteiger partial charge is 0.335 e. The molecule has 0 fully saturated rings. The van der Waals surface area contributed by atoms with E-state index in [1.807, 2.05) is 12.1 Å². The van der Waals surface area contributed by atoms with Crippen LogP contribution in [0.4, 0.5) is 0 Å². The van der Waals surface area contributed by atoms with E-state index in [1.54, 1.807) is 24.3 Å². The van der Waals surface area contributed by atoms with Gasteiger partial charge < -0.3 is 9.84 Å². The molecule has 0 spiro atoms. The molecule has 0 saturated heterocycles. The summed E-state index contributed by atoms with van der Waals surface area (Å²) in [7, 11) is 0. The first-order valence-electron chi connectivity index (χ1n) is 6.14. The highest BCUT2D eigenvalue weighted by molar-refractivity contribution is 5.87. The number of aromatic carboxylic acids is 1. The molecule has 2 aromatic carbocycles. The van der Waals surface area contributed by atoms with E-state index in [9.17, 15) is 9.59 Å². The van der Waals surface area contributed by atoms with E-state index in [-0.39, 0.29) is 11.3 Å². The van der Waals surface area contributed by atoms with Gasteiger partial charge in [0.1, 0.15) is 17.3 Å². The van der Waals surface area contributed by atoms with Crippen LogP contribution in [0.5, 0.6) is 11.5 Å². The first-order valence-corrected chi connectivity index (χ1v) is 6.14. The Morgan fingerprint density at radius 1 is 1.05 bits per heavy atom. The molecule has 4 nitrogen and oxygen atoms in total. The molecule has 0 aliphatic rings. The van der Waals surface area contributed by atoms with E-state index >= 15 is 0 Å². The number of hydrogen-bond acceptors (Lipinski definition) is 3. The lowest BCUT2D eigenvalue weighted by Gasteiger charge is -2.07. The highest BCUT2D eigenvalue weighted by Gasteiger charge is 2.04. The molecule has 0 unspecified atom stereocenters. The number of carboxylic acids is 1. The van der Waals surface area contributed by atoms with Gasteiger partial charge in [0, 0.05) is 6.42 Å². The van der Waals surface area contributed by atoms with Gasteiger partial charge in [-0.05, 0) is 48.9 Å². The van der Waals surface area contributed by atoms with Gasteiger partial charge in [-0.25, -0.2) is 4.79 Å². The minimum Gasteiger partial charge on any atom is -0.478 e. The minimum absolute atomic E-state index is 0.0907. The maximum Gasteiger partial charge on any atom is 0.335 e. The van der Waals surface area contributed by atoms with Crippen LogP contribution in [0.1, 0.15) is 22.8 Å². The second-order valence-corrected chi connectivity index (χ2v) is 4.46. The molecule has 0 bridgehead atoms. The lowest BCUT2D eigenvalue weighted by atomic mass is 10.1. The number of ether oxygens (including phenoxy) is 1. The van der Waals surface area contributed by atoms with Crippen molar-refractivity contribution in [2.45, 2.75) is 13.3 Å². The molecular formula is C16H14O4. The lowest BCUT2D eigenvalue weighted by Crippen LogP contribution is -1.97. The van der Waals surface area contributed by atoms with Crippen LogP contribution in [0.2, 0.25) is 0 Å². The molecule has 4 heteroatoms. The van der Waals surface area contributed by atoms with Gasteiger partial charge >= 0.3 is 5.97 Å². The van der Waals surface area contributed by atoms with E-state index in [4.69, 9.17) is 9.84 Å². The van der Waals surface area contributed by atoms with Gasteiger partial charge in [0.05, 0.1) is 5.56 Å². The van der Waals surface area contributed by atoms with Crippen molar-refractivity contribution in [2.24, 2.45) is 0 Å². The molecule has 0 aliphatic carbocycles. The standard InChI is InChI=1S/C16H14O4/c1-11(17)9-12-3-2-4-15(10-12)20-14-7-5-13(6-8-14)16(18)19/h2-8,10H,9H2,1H3,(H,18,19). The molecule has 102 valence electrons. The van der Waals surface area contributed by atoms with Crippen molar-refractivity contribution in [3.8, 4) is 11.5 Å². The van der Waals surface area contributed by atoms with E-state index in [1.165, 1.54) is 19.1 Å². The molecule has 20 heavy (non-hydrogen) atoms. The Labute approximate surface area is 116 Å². The lowest BCUT2D eigenvalue weighted by molar-refractivity contribution is -0.116. The summed E-state index contributed by atoms with van der Waals surface area (Å²) in [5.74, 6) is 0.287. The predicted molar refractivity (Wildman–Crippen MR) is 74.3 cm³/mol. The quantitative estimate of drug-likeness (QED) is 0.905. The Balaban J connectivity index is 2.13. The van der Waals surface area contributed by atoms with Crippen molar-refractivity contribution in [3.63, 3.8) is 0 Å². The number of ketones is 1. The summed E-state index contributed by atoms with van der Waals surface area (Å²) in [6.07, 6.45) is 0.370. The highest BCUT2D eigenvalue weighted by Crippen LogP contribution is 2.23. The first-order chi connectivity index (χ1) is 9.54. The summed E-state index contributed by atoms with van der Waals surface area (Å²) in [6.45, 7) is 1.54. The Hall–Kier alpha value is -2.62. The molecule has 0 amide bonds. The second kappa shape index (κ2) is 6.02. The van der Waals surface area contributed by atoms with E-state index in [0.29, 0.717) is 17.9 Å². The summed E-state index contributed by atoms with van der Waals surface area (Å²) < 4.78 is 5.63. The average molecular weight is 270 g/mol. The summed E-state index contributed by atoms with van der Waals surface area (Å²) in [5.41, 5.74) is 1.10. The summed E-state index contributed by atoms with van der Waals surface area (Å²) >= 11 is 0. The number of hydrogen-bond donors (Lipinski definition) is 1. The second-order valence-electron chi connectivity index (χ2n) is 4.46. The van der Waals surface area contributed by atoms with Crippen molar-refractivity contribution in [1.82, 2.24) is 0 Å². The molecule has 0 aromatic heterocycles. The normalized spacial score (nSPS) is 10.1. The number of carbonyl (C=O) groups excluding carboxylic acids is 1. The number of Topliss-reactive ketones (excluding diaryl/α,β-unsaturated/α-hetero) is 1. The van der Waals surface area contributed by atoms with Crippen LogP contribution in [-0.2, 0) is 11.2 Å². The Kier molecular flexibility index (Phi) is 4.15. The Bertz CT molecular complexity index is 629. The van der Waals surface area contributed by atoms with Crippen molar-refractivity contribution in [3.05, 3.63) is 59.7 Å². The van der Waals surface area contributed by atoms with Gasteiger partial charge in [0.2, 0.25) is 0 Å². The van der Waals surface area contributed by atoms with Crippen LogP contribution in [-0.4, -0.2) is 16.9 Å². The molecule has 0 aliphatic heterocycles. The van der Waals surface area contributed by atoms with Crippen molar-refractivity contribution in [2.75, 3.05) is 0 Å². The monoisotopic (exact) mass is 270 g/mol. The van der Waals surface area contributed by atoms with Gasteiger partial charge in [-0.1, -0.05) is 12.1 Å². The van der Waals surface area contributed by atoms with Crippen molar-refractivity contribution < 1.29 is 19.4 Å². The molecule has 1 N–H and O–H groups in total. The van der Waals surface area contributed by atoms with Gasteiger partial charge in [0.25, 0.3) is 0 Å². The number of carboxylic acid groups (broad SMARTS) is 1. The number of carbonyl (C=O) groups is 2. The topological polar surface area (TPSA) is 63.6 Å². The predicted octanol–water partition coefficient (Wildman–Crippen LogP) is 3.31. The zero-order valence-electron chi connectivity index (χ0n) is 11.0. The van der Waals surface area contributed by atoms with Gasteiger partial charge in [-0.15, -0.1) is 0 Å². The van der Waals surface area contributed by atoms with Crippen LogP contribution in [0.3, 0.4) is 0 Å². The van der Waals surface area contributed by atoms with E-state index < -0.39 is 5.97 Å². The van der Waals surface area contributed by atoms with E-state index in [2.05, 4.69) is 0 Å². The third kappa shape index (κ3) is 3.68. The minimum atomic E-state index is -0.972. The molecule has 0 radical (unpaired) electrons. The molecular weight excluding hydrogens is 256 g/mol.